The minimum atomic E-state index is -4.02. The maximum atomic E-state index is 13.1. The SMILES string of the molecule is CC1(C)O[C@H]2O[C@H](COC(=O)c3ccccc3)[C@@](C#N)(NS(=O)(=O)Cc3ccccc3)[C@H]2O1. The average molecular weight is 473 g/mol. The van der Waals surface area contributed by atoms with Crippen LogP contribution in [-0.2, 0) is 34.7 Å². The lowest BCUT2D eigenvalue weighted by Gasteiger charge is -2.32. The lowest BCUT2D eigenvalue weighted by atomic mass is 9.91. The summed E-state index contributed by atoms with van der Waals surface area (Å²) in [6.45, 7) is 2.90. The van der Waals surface area contributed by atoms with Crippen molar-refractivity contribution in [2.45, 2.75) is 49.4 Å². The van der Waals surface area contributed by atoms with Crippen molar-refractivity contribution in [3.05, 3.63) is 71.8 Å². The van der Waals surface area contributed by atoms with Crippen molar-refractivity contribution in [3.63, 3.8) is 0 Å². The van der Waals surface area contributed by atoms with Crippen LogP contribution in [0.2, 0.25) is 0 Å². The zero-order chi connectivity index (χ0) is 23.7. The van der Waals surface area contributed by atoms with Crippen LogP contribution in [0.3, 0.4) is 0 Å². The maximum Gasteiger partial charge on any atom is 0.338 e. The Morgan fingerprint density at radius 2 is 1.73 bits per heavy atom. The van der Waals surface area contributed by atoms with Crippen molar-refractivity contribution in [1.82, 2.24) is 4.72 Å². The quantitative estimate of drug-likeness (QED) is 0.608. The van der Waals surface area contributed by atoms with Crippen molar-refractivity contribution in [3.8, 4) is 6.07 Å². The summed E-state index contributed by atoms with van der Waals surface area (Å²) in [5.41, 5.74) is -1.01. The minimum Gasteiger partial charge on any atom is -0.459 e. The predicted molar refractivity (Wildman–Crippen MR) is 116 cm³/mol. The van der Waals surface area contributed by atoms with Crippen LogP contribution in [0.1, 0.15) is 29.8 Å². The second kappa shape index (κ2) is 8.85. The molecule has 4 atom stereocenters. The van der Waals surface area contributed by atoms with Gasteiger partial charge in [0.15, 0.2) is 17.6 Å². The molecular formula is C23H24N2O7S. The molecule has 1 N–H and O–H groups in total. The molecule has 0 aliphatic carbocycles. The molecule has 2 saturated heterocycles. The molecule has 2 aliphatic rings. The van der Waals surface area contributed by atoms with E-state index in [0.29, 0.717) is 11.1 Å². The first-order chi connectivity index (χ1) is 15.6. The van der Waals surface area contributed by atoms with Gasteiger partial charge < -0.3 is 18.9 Å². The molecular weight excluding hydrogens is 448 g/mol. The number of benzene rings is 2. The first kappa shape index (κ1) is 23.4. The zero-order valence-corrected chi connectivity index (χ0v) is 18.9. The molecule has 174 valence electrons. The summed E-state index contributed by atoms with van der Waals surface area (Å²) in [6, 6.07) is 18.9. The number of carbonyl (C=O) groups is 1. The van der Waals surface area contributed by atoms with E-state index in [2.05, 4.69) is 4.72 Å². The molecule has 0 amide bonds. The number of nitrogens with zero attached hydrogens (tertiary/aromatic N) is 1. The summed E-state index contributed by atoms with van der Waals surface area (Å²) in [7, 11) is -4.02. The standard InChI is InChI=1S/C23H24N2O7S/c1-22(2)31-19-21(32-22)30-18(13-29-20(26)17-11-7-4-8-12-17)23(19,15-24)25-33(27,28)14-16-9-5-3-6-10-16/h3-12,18-19,21,25H,13-14H2,1-2H3/t18-,19+,21-,23-/m1/s1. The van der Waals surface area contributed by atoms with Gasteiger partial charge in [-0.05, 0) is 31.5 Å². The van der Waals surface area contributed by atoms with Gasteiger partial charge in [0.1, 0.15) is 18.8 Å². The Balaban J connectivity index is 1.59. The van der Waals surface area contributed by atoms with Crippen molar-refractivity contribution in [2.24, 2.45) is 0 Å². The third-order valence-electron chi connectivity index (χ3n) is 5.40. The van der Waals surface area contributed by atoms with Gasteiger partial charge in [-0.1, -0.05) is 48.5 Å². The number of nitriles is 1. The summed E-state index contributed by atoms with van der Waals surface area (Å²) < 4.78 is 51.4. The predicted octanol–water partition coefficient (Wildman–Crippen LogP) is 2.10. The van der Waals surface area contributed by atoms with Crippen molar-refractivity contribution < 1.29 is 32.2 Å². The molecule has 0 aromatic heterocycles. The number of carbonyl (C=O) groups excluding carboxylic acids is 1. The van der Waals surface area contributed by atoms with E-state index in [1.807, 2.05) is 6.07 Å². The van der Waals surface area contributed by atoms with Gasteiger partial charge in [0, 0.05) is 0 Å². The first-order valence-electron chi connectivity index (χ1n) is 10.3. The number of esters is 1. The average Bonchev–Trinajstić information content (AvgIpc) is 3.23. The van der Waals surface area contributed by atoms with Crippen LogP contribution in [0.5, 0.6) is 0 Å². The second-order valence-electron chi connectivity index (χ2n) is 8.34. The molecule has 0 saturated carbocycles. The molecule has 2 aromatic rings. The number of sulfonamides is 1. The molecule has 2 fully saturated rings. The molecule has 33 heavy (non-hydrogen) atoms. The van der Waals surface area contributed by atoms with Crippen molar-refractivity contribution in [2.75, 3.05) is 6.61 Å². The van der Waals surface area contributed by atoms with Gasteiger partial charge >= 0.3 is 5.97 Å². The van der Waals surface area contributed by atoms with Gasteiger partial charge in [0.05, 0.1) is 17.4 Å². The van der Waals surface area contributed by atoms with Crippen LogP contribution in [0.15, 0.2) is 60.7 Å². The smallest absolute Gasteiger partial charge is 0.338 e. The van der Waals surface area contributed by atoms with E-state index in [4.69, 9.17) is 18.9 Å². The fourth-order valence-electron chi connectivity index (χ4n) is 3.94. The van der Waals surface area contributed by atoms with Crippen LogP contribution in [0, 0.1) is 11.3 Å². The second-order valence-corrected chi connectivity index (χ2v) is 10.1. The summed E-state index contributed by atoms with van der Waals surface area (Å²) in [4.78, 5) is 12.4. The van der Waals surface area contributed by atoms with E-state index >= 15 is 0 Å². The molecule has 0 radical (unpaired) electrons. The Kier molecular flexibility index (Phi) is 6.26. The summed E-state index contributed by atoms with van der Waals surface area (Å²) in [5.74, 6) is -2.07. The van der Waals surface area contributed by atoms with Gasteiger partial charge in [-0.3, -0.25) is 0 Å². The highest BCUT2D eigenvalue weighted by Crippen LogP contribution is 2.43. The molecule has 4 rings (SSSR count). The van der Waals surface area contributed by atoms with Gasteiger partial charge in [-0.25, -0.2) is 13.2 Å². The van der Waals surface area contributed by atoms with E-state index in [0.717, 1.165) is 0 Å². The van der Waals surface area contributed by atoms with E-state index in [-0.39, 0.29) is 12.4 Å². The van der Waals surface area contributed by atoms with Crippen LogP contribution >= 0.6 is 0 Å². The van der Waals surface area contributed by atoms with Gasteiger partial charge in [-0.15, -0.1) is 0 Å². The highest BCUT2D eigenvalue weighted by Gasteiger charge is 2.66. The number of hydrogen-bond acceptors (Lipinski definition) is 8. The summed E-state index contributed by atoms with van der Waals surface area (Å²) in [5, 5.41) is 10.2. The molecule has 0 unspecified atom stereocenters. The fraction of sp³-hybridized carbons (Fsp3) is 0.391. The number of ether oxygens (including phenoxy) is 4. The Morgan fingerprint density at radius 3 is 2.36 bits per heavy atom. The van der Waals surface area contributed by atoms with Gasteiger partial charge in [0.25, 0.3) is 0 Å². The van der Waals surface area contributed by atoms with Crippen molar-refractivity contribution in [1.29, 1.82) is 5.26 Å². The Labute approximate surface area is 192 Å². The monoisotopic (exact) mass is 472 g/mol. The Bertz CT molecular complexity index is 1150. The topological polar surface area (TPSA) is 124 Å². The van der Waals surface area contributed by atoms with E-state index in [9.17, 15) is 18.5 Å². The molecule has 9 nitrogen and oxygen atoms in total. The zero-order valence-electron chi connectivity index (χ0n) is 18.1. The number of fused-ring (bicyclic) bond motifs is 1. The first-order valence-corrected chi connectivity index (χ1v) is 12.0. The molecule has 0 spiro atoms. The fourth-order valence-corrected chi connectivity index (χ4v) is 5.45. The van der Waals surface area contributed by atoms with Gasteiger partial charge in [-0.2, -0.15) is 9.98 Å². The molecule has 2 aliphatic heterocycles. The van der Waals surface area contributed by atoms with Crippen LogP contribution in [-0.4, -0.2) is 50.8 Å². The lowest BCUT2D eigenvalue weighted by molar-refractivity contribution is -0.213. The highest BCUT2D eigenvalue weighted by molar-refractivity contribution is 7.88. The molecule has 2 heterocycles. The van der Waals surface area contributed by atoms with E-state index in [1.165, 1.54) is 0 Å². The minimum absolute atomic E-state index is 0.316. The normalized spacial score (nSPS) is 28.1. The third-order valence-corrected chi connectivity index (χ3v) is 6.76. The highest BCUT2D eigenvalue weighted by atomic mass is 32.2. The maximum absolute atomic E-state index is 13.1. The Hall–Kier alpha value is -2.81. The van der Waals surface area contributed by atoms with E-state index in [1.54, 1.807) is 74.5 Å². The van der Waals surface area contributed by atoms with Crippen LogP contribution < -0.4 is 4.72 Å². The van der Waals surface area contributed by atoms with Crippen LogP contribution in [0.4, 0.5) is 0 Å². The molecule has 2 aromatic carbocycles. The van der Waals surface area contributed by atoms with Crippen molar-refractivity contribution >= 4 is 16.0 Å². The molecule has 0 bridgehead atoms. The Morgan fingerprint density at radius 1 is 1.09 bits per heavy atom. The third kappa shape index (κ3) is 4.93. The number of rotatable bonds is 7. The number of hydrogen-bond donors (Lipinski definition) is 1. The largest absolute Gasteiger partial charge is 0.459 e. The van der Waals surface area contributed by atoms with Crippen LogP contribution in [0.25, 0.3) is 0 Å². The number of nitrogens with one attached hydrogen (secondary N) is 1. The van der Waals surface area contributed by atoms with Gasteiger partial charge in [0.2, 0.25) is 10.0 Å². The summed E-state index contributed by atoms with van der Waals surface area (Å²) >= 11 is 0. The summed E-state index contributed by atoms with van der Waals surface area (Å²) in [6.07, 6.45) is -3.24. The molecule has 10 heteroatoms. The lowest BCUT2D eigenvalue weighted by Crippen LogP contribution is -2.61. The van der Waals surface area contributed by atoms with E-state index < -0.39 is 45.8 Å².